The largest absolute Gasteiger partial charge is 0.381 e. The fraction of sp³-hybridized carbons (Fsp3) is 0.917. The molecule has 0 saturated carbocycles. The maximum Gasteiger partial charge on any atom is 0.145 e. The van der Waals surface area contributed by atoms with Crippen molar-refractivity contribution in [2.75, 3.05) is 26.3 Å². The van der Waals surface area contributed by atoms with E-state index in [0.717, 1.165) is 45.4 Å². The molecule has 2 unspecified atom stereocenters. The second-order valence-electron chi connectivity index (χ2n) is 4.84. The van der Waals surface area contributed by atoms with Crippen molar-refractivity contribution < 1.29 is 9.53 Å². The van der Waals surface area contributed by atoms with Crippen LogP contribution < -0.4 is 5.32 Å². The van der Waals surface area contributed by atoms with Crippen LogP contribution in [0.4, 0.5) is 0 Å². The number of nitrogens with one attached hydrogen (secondary N) is 1. The molecule has 86 valence electrons. The number of rotatable bonds is 3. The zero-order chi connectivity index (χ0) is 10.7. The van der Waals surface area contributed by atoms with Gasteiger partial charge in [0.25, 0.3) is 0 Å². The summed E-state index contributed by atoms with van der Waals surface area (Å²) in [5.41, 5.74) is -0.0867. The zero-order valence-electron chi connectivity index (χ0n) is 9.55. The predicted octanol–water partition coefficient (Wildman–Crippen LogP) is 1.37. The van der Waals surface area contributed by atoms with Crippen molar-refractivity contribution in [1.29, 1.82) is 0 Å². The van der Waals surface area contributed by atoms with Gasteiger partial charge in [0.1, 0.15) is 5.78 Å². The molecular formula is C12H21NO2. The highest BCUT2D eigenvalue weighted by Gasteiger charge is 2.42. The molecule has 2 rings (SSSR count). The van der Waals surface area contributed by atoms with E-state index in [9.17, 15) is 4.79 Å². The molecule has 0 radical (unpaired) electrons. The van der Waals surface area contributed by atoms with E-state index in [0.29, 0.717) is 12.4 Å². The molecule has 2 saturated heterocycles. The van der Waals surface area contributed by atoms with Crippen LogP contribution in [0.25, 0.3) is 0 Å². The van der Waals surface area contributed by atoms with Crippen molar-refractivity contribution in [2.45, 2.75) is 32.6 Å². The number of ether oxygens (including phenoxy) is 1. The van der Waals surface area contributed by atoms with Gasteiger partial charge >= 0.3 is 0 Å². The third kappa shape index (κ3) is 2.08. The normalized spacial score (nSPS) is 36.7. The minimum atomic E-state index is -0.0867. The molecule has 0 spiro atoms. The first kappa shape index (κ1) is 11.1. The lowest BCUT2D eigenvalue weighted by atomic mass is 9.71. The summed E-state index contributed by atoms with van der Waals surface area (Å²) in [5.74, 6) is 0.625. The first-order valence-electron chi connectivity index (χ1n) is 6.11. The second-order valence-corrected chi connectivity index (χ2v) is 4.84. The van der Waals surface area contributed by atoms with Crippen molar-refractivity contribution in [1.82, 2.24) is 5.32 Å². The van der Waals surface area contributed by atoms with E-state index in [1.807, 2.05) is 0 Å². The Morgan fingerprint density at radius 3 is 3.00 bits per heavy atom. The first-order valence-corrected chi connectivity index (χ1v) is 6.11. The number of ketones is 1. The molecule has 3 heteroatoms. The van der Waals surface area contributed by atoms with Crippen LogP contribution in [-0.4, -0.2) is 32.1 Å². The number of carbonyl (C=O) groups is 1. The first-order chi connectivity index (χ1) is 7.28. The summed E-state index contributed by atoms with van der Waals surface area (Å²) in [5, 5.41) is 3.37. The third-order valence-corrected chi connectivity index (χ3v) is 3.97. The zero-order valence-corrected chi connectivity index (χ0v) is 9.55. The van der Waals surface area contributed by atoms with Gasteiger partial charge in [-0.3, -0.25) is 4.79 Å². The maximum absolute atomic E-state index is 12.4. The number of Topliss-reactive ketones (excluding diaryl/α,β-unsaturated/α-hetero) is 1. The summed E-state index contributed by atoms with van der Waals surface area (Å²) < 4.78 is 5.32. The summed E-state index contributed by atoms with van der Waals surface area (Å²) in [6, 6.07) is 0. The maximum atomic E-state index is 12.4. The van der Waals surface area contributed by atoms with Crippen LogP contribution >= 0.6 is 0 Å². The molecule has 0 aliphatic carbocycles. The SMILES string of the molecule is CCC1(C(=O)C2CCOC2)CCCNC1. The van der Waals surface area contributed by atoms with Gasteiger partial charge in [-0.25, -0.2) is 0 Å². The van der Waals surface area contributed by atoms with Gasteiger partial charge in [-0.15, -0.1) is 0 Å². The summed E-state index contributed by atoms with van der Waals surface area (Å²) in [4.78, 5) is 12.4. The van der Waals surface area contributed by atoms with Gasteiger partial charge < -0.3 is 10.1 Å². The molecule has 2 aliphatic heterocycles. The number of hydrogen-bond acceptors (Lipinski definition) is 3. The van der Waals surface area contributed by atoms with Gasteiger partial charge in [0.2, 0.25) is 0 Å². The van der Waals surface area contributed by atoms with Gasteiger partial charge in [-0.2, -0.15) is 0 Å². The molecule has 15 heavy (non-hydrogen) atoms. The van der Waals surface area contributed by atoms with E-state index in [2.05, 4.69) is 12.2 Å². The standard InChI is InChI=1S/C12H21NO2/c1-2-12(5-3-6-13-9-12)11(14)10-4-7-15-8-10/h10,13H,2-9H2,1H3. The van der Waals surface area contributed by atoms with Gasteiger partial charge in [0, 0.05) is 24.5 Å². The quantitative estimate of drug-likeness (QED) is 0.766. The van der Waals surface area contributed by atoms with Crippen molar-refractivity contribution >= 4 is 5.78 Å². The lowest BCUT2D eigenvalue weighted by Gasteiger charge is -2.37. The van der Waals surface area contributed by atoms with Gasteiger partial charge in [0.05, 0.1) is 6.61 Å². The van der Waals surface area contributed by atoms with Crippen LogP contribution in [0.15, 0.2) is 0 Å². The van der Waals surface area contributed by atoms with Crippen molar-refractivity contribution in [3.05, 3.63) is 0 Å². The molecule has 3 nitrogen and oxygen atoms in total. The average Bonchev–Trinajstić information content (AvgIpc) is 2.82. The Balaban J connectivity index is 2.06. The fourth-order valence-electron chi connectivity index (χ4n) is 2.83. The Labute approximate surface area is 91.6 Å². The molecule has 0 aromatic heterocycles. The van der Waals surface area contributed by atoms with E-state index in [1.54, 1.807) is 0 Å². The topological polar surface area (TPSA) is 38.3 Å². The molecule has 2 aliphatic rings. The van der Waals surface area contributed by atoms with Gasteiger partial charge in [-0.05, 0) is 32.2 Å². The summed E-state index contributed by atoms with van der Waals surface area (Å²) >= 11 is 0. The highest BCUT2D eigenvalue weighted by Crippen LogP contribution is 2.35. The summed E-state index contributed by atoms with van der Waals surface area (Å²) in [6.07, 6.45) is 4.09. The summed E-state index contributed by atoms with van der Waals surface area (Å²) in [6.45, 7) is 5.50. The lowest BCUT2D eigenvalue weighted by Crippen LogP contribution is -2.47. The minimum Gasteiger partial charge on any atom is -0.381 e. The van der Waals surface area contributed by atoms with E-state index < -0.39 is 0 Å². The molecular weight excluding hydrogens is 190 g/mol. The average molecular weight is 211 g/mol. The van der Waals surface area contributed by atoms with Crippen LogP contribution in [0, 0.1) is 11.3 Å². The molecule has 0 bridgehead atoms. The van der Waals surface area contributed by atoms with Gasteiger partial charge in [-0.1, -0.05) is 6.92 Å². The highest BCUT2D eigenvalue weighted by molar-refractivity contribution is 5.87. The molecule has 0 aromatic carbocycles. The Morgan fingerprint density at radius 1 is 1.60 bits per heavy atom. The lowest BCUT2D eigenvalue weighted by molar-refractivity contribution is -0.134. The Kier molecular flexibility index (Phi) is 3.42. The minimum absolute atomic E-state index is 0.0867. The molecule has 2 fully saturated rings. The van der Waals surface area contributed by atoms with Crippen LogP contribution in [0.3, 0.4) is 0 Å². The smallest absolute Gasteiger partial charge is 0.145 e. The molecule has 0 amide bonds. The van der Waals surface area contributed by atoms with E-state index in [1.165, 1.54) is 0 Å². The number of piperidine rings is 1. The monoisotopic (exact) mass is 211 g/mol. The second kappa shape index (κ2) is 4.62. The van der Waals surface area contributed by atoms with E-state index >= 15 is 0 Å². The summed E-state index contributed by atoms with van der Waals surface area (Å²) in [7, 11) is 0. The van der Waals surface area contributed by atoms with E-state index in [4.69, 9.17) is 4.74 Å². The van der Waals surface area contributed by atoms with Crippen LogP contribution in [-0.2, 0) is 9.53 Å². The molecule has 0 aromatic rings. The highest BCUT2D eigenvalue weighted by atomic mass is 16.5. The van der Waals surface area contributed by atoms with Crippen molar-refractivity contribution in [2.24, 2.45) is 11.3 Å². The third-order valence-electron chi connectivity index (χ3n) is 3.97. The van der Waals surface area contributed by atoms with Crippen LogP contribution in [0.2, 0.25) is 0 Å². The fourth-order valence-corrected chi connectivity index (χ4v) is 2.83. The molecule has 2 atom stereocenters. The predicted molar refractivity (Wildman–Crippen MR) is 58.8 cm³/mol. The van der Waals surface area contributed by atoms with E-state index in [-0.39, 0.29) is 11.3 Å². The van der Waals surface area contributed by atoms with Gasteiger partial charge in [0.15, 0.2) is 0 Å². The number of hydrogen-bond donors (Lipinski definition) is 1. The van der Waals surface area contributed by atoms with Crippen molar-refractivity contribution in [3.8, 4) is 0 Å². The Morgan fingerprint density at radius 2 is 2.47 bits per heavy atom. The molecule has 2 heterocycles. The van der Waals surface area contributed by atoms with Crippen LogP contribution in [0.5, 0.6) is 0 Å². The number of carbonyl (C=O) groups excluding carboxylic acids is 1. The van der Waals surface area contributed by atoms with Crippen LogP contribution in [0.1, 0.15) is 32.6 Å². The van der Waals surface area contributed by atoms with Crippen molar-refractivity contribution in [3.63, 3.8) is 0 Å². The Hall–Kier alpha value is -0.410. The Bertz CT molecular complexity index is 228. The molecule has 1 N–H and O–H groups in total.